The Kier molecular flexibility index (Phi) is 5.71. The molecule has 0 radical (unpaired) electrons. The minimum absolute atomic E-state index is 0.245. The molecule has 4 nitrogen and oxygen atoms in total. The lowest BCUT2D eigenvalue weighted by Gasteiger charge is -2.19. The van der Waals surface area contributed by atoms with E-state index in [1.165, 1.54) is 11.1 Å². The molecule has 1 unspecified atom stereocenters. The van der Waals surface area contributed by atoms with Gasteiger partial charge in [-0.3, -0.25) is 4.98 Å². The third-order valence-electron chi connectivity index (χ3n) is 5.03. The monoisotopic (exact) mass is 384 g/mol. The molecule has 2 heterocycles. The number of hydrogen-bond acceptors (Lipinski definition) is 4. The molecule has 0 saturated heterocycles. The highest BCUT2D eigenvalue weighted by Gasteiger charge is 2.17. The second-order valence-corrected chi connectivity index (χ2v) is 6.98. The number of hydrogen-bond donors (Lipinski definition) is 0. The van der Waals surface area contributed by atoms with Crippen LogP contribution >= 0.6 is 0 Å². The second kappa shape index (κ2) is 8.74. The molecular weight excluding hydrogens is 360 g/mol. The van der Waals surface area contributed by atoms with E-state index < -0.39 is 0 Å². The first-order chi connectivity index (χ1) is 14.3. The van der Waals surface area contributed by atoms with E-state index in [2.05, 4.69) is 47.2 Å². The molecule has 0 aliphatic rings. The van der Waals surface area contributed by atoms with Gasteiger partial charge in [0.1, 0.15) is 0 Å². The molecule has 0 N–H and O–H groups in total. The standard InChI is InChI=1S/C25H24N2O2/c1-3-8-21(20-15-19-9-4-5-10-22(19)27-17-20)18-12-13-23(24(16-18)28-2)29-25-11-6-7-14-26-25/h4-7,9-17,21H,3,8H2,1-2H3. The minimum Gasteiger partial charge on any atom is -0.493 e. The molecule has 4 rings (SSSR count). The smallest absolute Gasteiger partial charge is 0.219 e. The molecule has 0 saturated carbocycles. The van der Waals surface area contributed by atoms with E-state index in [1.54, 1.807) is 13.3 Å². The summed E-state index contributed by atoms with van der Waals surface area (Å²) in [6, 6.07) is 22.2. The van der Waals surface area contributed by atoms with Gasteiger partial charge in [0.05, 0.1) is 12.6 Å². The van der Waals surface area contributed by atoms with E-state index in [4.69, 9.17) is 9.47 Å². The largest absolute Gasteiger partial charge is 0.493 e. The molecule has 2 aromatic carbocycles. The number of pyridine rings is 2. The Balaban J connectivity index is 1.69. The Morgan fingerprint density at radius 2 is 1.72 bits per heavy atom. The molecule has 0 fully saturated rings. The van der Waals surface area contributed by atoms with Crippen LogP contribution in [0.25, 0.3) is 10.9 Å². The van der Waals surface area contributed by atoms with Crippen LogP contribution in [0.5, 0.6) is 17.4 Å². The molecule has 4 aromatic rings. The van der Waals surface area contributed by atoms with Crippen LogP contribution in [0.1, 0.15) is 36.8 Å². The molecular formula is C25H24N2O2. The second-order valence-electron chi connectivity index (χ2n) is 6.98. The highest BCUT2D eigenvalue weighted by Crippen LogP contribution is 2.37. The molecule has 146 valence electrons. The summed E-state index contributed by atoms with van der Waals surface area (Å²) in [6.45, 7) is 2.21. The minimum atomic E-state index is 0.245. The number of aromatic nitrogens is 2. The lowest BCUT2D eigenvalue weighted by Crippen LogP contribution is -2.03. The Bertz CT molecular complexity index is 1100. The van der Waals surface area contributed by atoms with Crippen LogP contribution in [0.2, 0.25) is 0 Å². The van der Waals surface area contributed by atoms with E-state index in [0.29, 0.717) is 17.4 Å². The molecule has 0 spiro atoms. The number of benzene rings is 2. The number of para-hydroxylation sites is 1. The zero-order valence-electron chi connectivity index (χ0n) is 16.7. The number of methoxy groups -OCH3 is 1. The van der Waals surface area contributed by atoms with Crippen molar-refractivity contribution in [3.05, 3.63) is 90.3 Å². The van der Waals surface area contributed by atoms with Gasteiger partial charge >= 0.3 is 0 Å². The van der Waals surface area contributed by atoms with Crippen molar-refractivity contribution in [2.45, 2.75) is 25.7 Å². The summed E-state index contributed by atoms with van der Waals surface area (Å²) >= 11 is 0. The number of fused-ring (bicyclic) bond motifs is 1. The summed E-state index contributed by atoms with van der Waals surface area (Å²) in [5.74, 6) is 2.14. The first-order valence-corrected chi connectivity index (χ1v) is 9.90. The van der Waals surface area contributed by atoms with Crippen molar-refractivity contribution in [1.29, 1.82) is 0 Å². The van der Waals surface area contributed by atoms with E-state index in [0.717, 1.165) is 23.7 Å². The number of rotatable bonds is 7. The molecule has 2 aromatic heterocycles. The summed E-state index contributed by atoms with van der Waals surface area (Å²) < 4.78 is 11.5. The SMILES string of the molecule is CCCC(c1ccc(Oc2ccccn2)c(OC)c1)c1cnc2ccccc2c1. The summed E-state index contributed by atoms with van der Waals surface area (Å²) in [5, 5.41) is 1.16. The van der Waals surface area contributed by atoms with Gasteiger partial charge in [0.2, 0.25) is 5.88 Å². The Labute approximate surface area is 171 Å². The number of nitrogens with zero attached hydrogens (tertiary/aromatic N) is 2. The van der Waals surface area contributed by atoms with Crippen LogP contribution < -0.4 is 9.47 Å². The van der Waals surface area contributed by atoms with Gasteiger partial charge in [-0.2, -0.15) is 0 Å². The average molecular weight is 384 g/mol. The lowest BCUT2D eigenvalue weighted by atomic mass is 9.88. The van der Waals surface area contributed by atoms with Crippen molar-refractivity contribution in [1.82, 2.24) is 9.97 Å². The maximum atomic E-state index is 5.91. The van der Waals surface area contributed by atoms with Gasteiger partial charge in [0.25, 0.3) is 0 Å². The molecule has 0 bridgehead atoms. The van der Waals surface area contributed by atoms with Crippen LogP contribution in [0.15, 0.2) is 79.1 Å². The topological polar surface area (TPSA) is 44.2 Å². The number of ether oxygens (including phenoxy) is 2. The summed E-state index contributed by atoms with van der Waals surface area (Å²) in [4.78, 5) is 8.89. The summed E-state index contributed by atoms with van der Waals surface area (Å²) in [6.07, 6.45) is 5.81. The maximum absolute atomic E-state index is 5.91. The Hall–Kier alpha value is -3.40. The van der Waals surface area contributed by atoms with Gasteiger partial charge in [0, 0.05) is 29.8 Å². The molecule has 4 heteroatoms. The van der Waals surface area contributed by atoms with Gasteiger partial charge in [-0.25, -0.2) is 4.98 Å². The molecule has 0 aliphatic heterocycles. The summed E-state index contributed by atoms with van der Waals surface area (Å²) in [7, 11) is 1.66. The van der Waals surface area contributed by atoms with Crippen molar-refractivity contribution in [3.63, 3.8) is 0 Å². The van der Waals surface area contributed by atoms with Crippen molar-refractivity contribution in [2.75, 3.05) is 7.11 Å². The van der Waals surface area contributed by atoms with Gasteiger partial charge in [0.15, 0.2) is 11.5 Å². The van der Waals surface area contributed by atoms with Gasteiger partial charge in [-0.15, -0.1) is 0 Å². The first-order valence-electron chi connectivity index (χ1n) is 9.90. The van der Waals surface area contributed by atoms with E-state index in [1.807, 2.05) is 42.6 Å². The van der Waals surface area contributed by atoms with E-state index >= 15 is 0 Å². The molecule has 29 heavy (non-hydrogen) atoms. The van der Waals surface area contributed by atoms with Gasteiger partial charge in [-0.05, 0) is 47.9 Å². The fraction of sp³-hybridized carbons (Fsp3) is 0.200. The van der Waals surface area contributed by atoms with Gasteiger partial charge in [-0.1, -0.05) is 43.7 Å². The molecule has 0 amide bonds. The zero-order chi connectivity index (χ0) is 20.1. The lowest BCUT2D eigenvalue weighted by molar-refractivity contribution is 0.373. The van der Waals surface area contributed by atoms with Crippen molar-refractivity contribution < 1.29 is 9.47 Å². The quantitative estimate of drug-likeness (QED) is 0.372. The van der Waals surface area contributed by atoms with Crippen molar-refractivity contribution in [2.24, 2.45) is 0 Å². The Morgan fingerprint density at radius 1 is 0.862 bits per heavy atom. The average Bonchev–Trinajstić information content (AvgIpc) is 2.78. The summed E-state index contributed by atoms with van der Waals surface area (Å²) in [5.41, 5.74) is 3.42. The van der Waals surface area contributed by atoms with Crippen LogP contribution in [0.4, 0.5) is 0 Å². The predicted molar refractivity (Wildman–Crippen MR) is 116 cm³/mol. The van der Waals surface area contributed by atoms with Crippen LogP contribution in [-0.2, 0) is 0 Å². The zero-order valence-corrected chi connectivity index (χ0v) is 16.7. The maximum Gasteiger partial charge on any atom is 0.219 e. The third kappa shape index (κ3) is 4.21. The fourth-order valence-electron chi connectivity index (χ4n) is 3.60. The van der Waals surface area contributed by atoms with E-state index in [-0.39, 0.29) is 5.92 Å². The van der Waals surface area contributed by atoms with Gasteiger partial charge < -0.3 is 9.47 Å². The fourth-order valence-corrected chi connectivity index (χ4v) is 3.60. The highest BCUT2D eigenvalue weighted by atomic mass is 16.5. The highest BCUT2D eigenvalue weighted by molar-refractivity contribution is 5.79. The van der Waals surface area contributed by atoms with Crippen LogP contribution in [-0.4, -0.2) is 17.1 Å². The molecule has 1 atom stereocenters. The van der Waals surface area contributed by atoms with Crippen molar-refractivity contribution in [3.8, 4) is 17.4 Å². The van der Waals surface area contributed by atoms with Crippen LogP contribution in [0, 0.1) is 0 Å². The predicted octanol–water partition coefficient (Wildman–Crippen LogP) is 6.36. The van der Waals surface area contributed by atoms with Crippen LogP contribution in [0.3, 0.4) is 0 Å². The molecule has 0 aliphatic carbocycles. The first kappa shape index (κ1) is 18.9. The normalized spacial score (nSPS) is 11.9. The Morgan fingerprint density at radius 3 is 2.52 bits per heavy atom. The van der Waals surface area contributed by atoms with Crippen molar-refractivity contribution >= 4 is 10.9 Å². The van der Waals surface area contributed by atoms with E-state index in [9.17, 15) is 0 Å². The third-order valence-corrected chi connectivity index (χ3v) is 5.03.